The summed E-state index contributed by atoms with van der Waals surface area (Å²) < 4.78 is 42.2. The molecule has 2 aliphatic heterocycles. The normalized spacial score (nSPS) is 22.3. The molecular weight excluding hydrogens is 410 g/mol. The summed E-state index contributed by atoms with van der Waals surface area (Å²) >= 11 is 0. The lowest BCUT2D eigenvalue weighted by Gasteiger charge is -2.27. The average molecular weight is 436 g/mol. The zero-order valence-electron chi connectivity index (χ0n) is 17.4. The minimum Gasteiger partial charge on any atom is -0.493 e. The average Bonchev–Trinajstić information content (AvgIpc) is 3.24. The van der Waals surface area contributed by atoms with Gasteiger partial charge in [0.2, 0.25) is 11.7 Å². The molecule has 1 saturated heterocycles. The van der Waals surface area contributed by atoms with Gasteiger partial charge in [0.1, 0.15) is 5.82 Å². The molecule has 0 radical (unpaired) electrons. The first kappa shape index (κ1) is 20.5. The van der Waals surface area contributed by atoms with Crippen LogP contribution in [-0.2, 0) is 14.6 Å². The van der Waals surface area contributed by atoms with Gasteiger partial charge in [0.25, 0.3) is 0 Å². The number of fused-ring (bicyclic) bond motifs is 1. The molecule has 1 amide bonds. The van der Waals surface area contributed by atoms with Crippen LogP contribution in [0.2, 0.25) is 0 Å². The summed E-state index contributed by atoms with van der Waals surface area (Å²) in [5.74, 6) is 1.74. The lowest BCUT2D eigenvalue weighted by atomic mass is 9.85. The molecule has 0 saturated carbocycles. The van der Waals surface area contributed by atoms with Crippen molar-refractivity contribution >= 4 is 21.6 Å². The van der Waals surface area contributed by atoms with Gasteiger partial charge in [0.15, 0.2) is 21.3 Å². The predicted octanol–water partition coefficient (Wildman–Crippen LogP) is 2.05. The standard InChI is InChI=1S/C20H25N3O6S/c1-11-17-14(13-5-6-15(27-2)19(29-4)18(13)28-3)9-16(24)21-20(17)23(22-11)12-7-8-30(25,26)10-12/h5-6,12,14H,7-10H2,1-4H3,(H,21,24). The van der Waals surface area contributed by atoms with Crippen LogP contribution in [0, 0.1) is 6.92 Å². The molecule has 10 heteroatoms. The highest BCUT2D eigenvalue weighted by Gasteiger charge is 2.38. The number of aromatic nitrogens is 2. The Bertz CT molecular complexity index is 1110. The Morgan fingerprint density at radius 3 is 2.47 bits per heavy atom. The Morgan fingerprint density at radius 2 is 1.87 bits per heavy atom. The van der Waals surface area contributed by atoms with Gasteiger partial charge in [0.05, 0.1) is 44.6 Å². The van der Waals surface area contributed by atoms with Crippen molar-refractivity contribution in [1.29, 1.82) is 0 Å². The van der Waals surface area contributed by atoms with Crippen molar-refractivity contribution in [2.75, 3.05) is 38.2 Å². The van der Waals surface area contributed by atoms with Gasteiger partial charge in [-0.2, -0.15) is 5.10 Å². The SMILES string of the molecule is COc1ccc(C2CC(=O)Nc3c2c(C)nn3C2CCS(=O)(=O)C2)c(OC)c1OC. The molecule has 0 spiro atoms. The third-order valence-electron chi connectivity index (χ3n) is 5.79. The molecular formula is C20H25N3O6S. The zero-order valence-corrected chi connectivity index (χ0v) is 18.2. The maximum Gasteiger partial charge on any atom is 0.226 e. The van der Waals surface area contributed by atoms with Crippen molar-refractivity contribution in [2.24, 2.45) is 0 Å². The van der Waals surface area contributed by atoms with Crippen LogP contribution >= 0.6 is 0 Å². The number of carbonyl (C=O) groups excluding carboxylic acids is 1. The van der Waals surface area contributed by atoms with Crippen LogP contribution < -0.4 is 19.5 Å². The number of sulfone groups is 1. The van der Waals surface area contributed by atoms with Gasteiger partial charge >= 0.3 is 0 Å². The van der Waals surface area contributed by atoms with Crippen LogP contribution in [0.1, 0.15) is 41.6 Å². The first-order valence-electron chi connectivity index (χ1n) is 9.67. The summed E-state index contributed by atoms with van der Waals surface area (Å²) in [5, 5.41) is 7.53. The number of nitrogens with one attached hydrogen (secondary N) is 1. The number of rotatable bonds is 5. The molecule has 1 aromatic heterocycles. The minimum absolute atomic E-state index is 0.0285. The number of methoxy groups -OCH3 is 3. The first-order valence-corrected chi connectivity index (χ1v) is 11.5. The summed E-state index contributed by atoms with van der Waals surface area (Å²) in [6, 6.07) is 3.36. The summed E-state index contributed by atoms with van der Waals surface area (Å²) in [6.45, 7) is 1.87. The number of aryl methyl sites for hydroxylation is 1. The second kappa shape index (κ2) is 7.50. The largest absolute Gasteiger partial charge is 0.493 e. The van der Waals surface area contributed by atoms with Crippen LogP contribution in [0.15, 0.2) is 12.1 Å². The van der Waals surface area contributed by atoms with E-state index >= 15 is 0 Å². The number of hydrogen-bond acceptors (Lipinski definition) is 7. The monoisotopic (exact) mass is 435 g/mol. The number of ether oxygens (including phenoxy) is 3. The summed E-state index contributed by atoms with van der Waals surface area (Å²) in [4.78, 5) is 12.6. The molecule has 2 atom stereocenters. The van der Waals surface area contributed by atoms with E-state index in [1.165, 1.54) is 7.11 Å². The highest BCUT2D eigenvalue weighted by atomic mass is 32.2. The highest BCUT2D eigenvalue weighted by molar-refractivity contribution is 7.91. The van der Waals surface area contributed by atoms with Crippen LogP contribution in [0.5, 0.6) is 17.2 Å². The maximum atomic E-state index is 12.6. The van der Waals surface area contributed by atoms with Crippen molar-refractivity contribution in [1.82, 2.24) is 9.78 Å². The van der Waals surface area contributed by atoms with E-state index in [1.807, 2.05) is 13.0 Å². The van der Waals surface area contributed by atoms with E-state index in [4.69, 9.17) is 14.2 Å². The molecule has 2 unspecified atom stereocenters. The number of amides is 1. The first-order chi connectivity index (χ1) is 14.3. The molecule has 2 aromatic rings. The van der Waals surface area contributed by atoms with E-state index in [0.717, 1.165) is 16.8 Å². The Kier molecular flexibility index (Phi) is 5.13. The van der Waals surface area contributed by atoms with Gasteiger partial charge in [-0.05, 0) is 19.4 Å². The van der Waals surface area contributed by atoms with Crippen molar-refractivity contribution in [3.8, 4) is 17.2 Å². The molecule has 162 valence electrons. The fraction of sp³-hybridized carbons (Fsp3) is 0.500. The molecule has 1 aromatic carbocycles. The Balaban J connectivity index is 1.85. The van der Waals surface area contributed by atoms with Crippen LogP contribution in [0.4, 0.5) is 5.82 Å². The molecule has 3 heterocycles. The van der Waals surface area contributed by atoms with Crippen molar-refractivity contribution in [3.63, 3.8) is 0 Å². The fourth-order valence-corrected chi connectivity index (χ4v) is 6.16. The number of nitrogens with zero attached hydrogens (tertiary/aromatic N) is 2. The fourth-order valence-electron chi connectivity index (χ4n) is 4.47. The van der Waals surface area contributed by atoms with Gasteiger partial charge in [-0.3, -0.25) is 4.79 Å². The Labute approximate surface area is 175 Å². The van der Waals surface area contributed by atoms with E-state index < -0.39 is 9.84 Å². The number of anilines is 1. The van der Waals surface area contributed by atoms with Gasteiger partial charge in [-0.15, -0.1) is 0 Å². The Hall–Kier alpha value is -2.75. The molecule has 0 bridgehead atoms. The summed E-state index contributed by atoms with van der Waals surface area (Å²) in [6.07, 6.45) is 0.699. The van der Waals surface area contributed by atoms with E-state index in [-0.39, 0.29) is 35.8 Å². The summed E-state index contributed by atoms with van der Waals surface area (Å²) in [7, 11) is 1.54. The van der Waals surface area contributed by atoms with Crippen molar-refractivity contribution in [3.05, 3.63) is 29.0 Å². The molecule has 2 aliphatic rings. The second-order valence-electron chi connectivity index (χ2n) is 7.58. The molecule has 30 heavy (non-hydrogen) atoms. The van der Waals surface area contributed by atoms with Crippen molar-refractivity contribution in [2.45, 2.75) is 31.7 Å². The predicted molar refractivity (Wildman–Crippen MR) is 110 cm³/mol. The molecule has 0 aliphatic carbocycles. The van der Waals surface area contributed by atoms with Crippen molar-refractivity contribution < 1.29 is 27.4 Å². The topological polar surface area (TPSA) is 109 Å². The van der Waals surface area contributed by atoms with E-state index in [2.05, 4.69) is 10.4 Å². The van der Waals surface area contributed by atoms with Gasteiger partial charge in [0, 0.05) is 23.5 Å². The summed E-state index contributed by atoms with van der Waals surface area (Å²) in [5.41, 5.74) is 2.40. The second-order valence-corrected chi connectivity index (χ2v) is 9.81. The van der Waals surface area contributed by atoms with Crippen LogP contribution in [0.25, 0.3) is 0 Å². The van der Waals surface area contributed by atoms with Gasteiger partial charge in [-0.25, -0.2) is 13.1 Å². The van der Waals surface area contributed by atoms with E-state index in [1.54, 1.807) is 25.0 Å². The number of hydrogen-bond donors (Lipinski definition) is 1. The molecule has 4 rings (SSSR count). The third-order valence-corrected chi connectivity index (χ3v) is 7.54. The zero-order chi connectivity index (χ0) is 21.6. The third kappa shape index (κ3) is 3.28. The van der Waals surface area contributed by atoms with Gasteiger partial charge in [-0.1, -0.05) is 6.07 Å². The smallest absolute Gasteiger partial charge is 0.226 e. The molecule has 1 fully saturated rings. The maximum absolute atomic E-state index is 12.6. The lowest BCUT2D eigenvalue weighted by Crippen LogP contribution is -2.26. The number of benzene rings is 1. The van der Waals surface area contributed by atoms with E-state index in [0.29, 0.717) is 29.5 Å². The quantitative estimate of drug-likeness (QED) is 0.766. The highest BCUT2D eigenvalue weighted by Crippen LogP contribution is 2.48. The van der Waals surface area contributed by atoms with Crippen LogP contribution in [-0.4, -0.2) is 56.9 Å². The lowest BCUT2D eigenvalue weighted by molar-refractivity contribution is -0.116. The molecule has 1 N–H and O–H groups in total. The Morgan fingerprint density at radius 1 is 1.13 bits per heavy atom. The number of carbonyl (C=O) groups is 1. The van der Waals surface area contributed by atoms with Crippen LogP contribution in [0.3, 0.4) is 0 Å². The minimum atomic E-state index is -3.09. The molecule has 9 nitrogen and oxygen atoms in total. The van der Waals surface area contributed by atoms with E-state index in [9.17, 15) is 13.2 Å². The van der Waals surface area contributed by atoms with Gasteiger partial charge < -0.3 is 19.5 Å².